The summed E-state index contributed by atoms with van der Waals surface area (Å²) in [6.45, 7) is 2.35. The summed E-state index contributed by atoms with van der Waals surface area (Å²) in [6, 6.07) is 15.7. The topological polar surface area (TPSA) is 61.5 Å². The summed E-state index contributed by atoms with van der Waals surface area (Å²) < 4.78 is 12.7. The van der Waals surface area contributed by atoms with Gasteiger partial charge in [0, 0.05) is 5.56 Å². The van der Waals surface area contributed by atoms with Crippen LogP contribution >= 0.6 is 11.3 Å². The van der Waals surface area contributed by atoms with Crippen molar-refractivity contribution in [2.45, 2.75) is 13.5 Å². The molecule has 0 aliphatic rings. The quantitative estimate of drug-likeness (QED) is 0.547. The van der Waals surface area contributed by atoms with Crippen LogP contribution in [0.15, 0.2) is 48.5 Å². The molecule has 0 atom stereocenters. The van der Waals surface area contributed by atoms with Crippen LogP contribution in [-0.2, 0) is 6.61 Å². The SMILES string of the molecule is COc1ccc(-c2nn3c(COc4cccc(C)c4)nnc3s2)cc1. The fourth-order valence-corrected chi connectivity index (χ4v) is 3.31. The number of aryl methyl sites for hydroxylation is 1. The Morgan fingerprint density at radius 1 is 1.04 bits per heavy atom. The lowest BCUT2D eigenvalue weighted by Crippen LogP contribution is -2.02. The zero-order valence-corrected chi connectivity index (χ0v) is 14.7. The van der Waals surface area contributed by atoms with Gasteiger partial charge in [0.25, 0.3) is 0 Å². The number of benzene rings is 2. The summed E-state index contributed by atoms with van der Waals surface area (Å²) in [4.78, 5) is 0.744. The van der Waals surface area contributed by atoms with Crippen LogP contribution in [0.25, 0.3) is 15.5 Å². The molecule has 25 heavy (non-hydrogen) atoms. The standard InChI is InChI=1S/C18H16N4O2S/c1-12-4-3-5-15(10-12)24-11-16-19-20-18-22(16)21-17(25-18)13-6-8-14(23-2)9-7-13/h3-10H,11H2,1-2H3. The second-order valence-corrected chi connectivity index (χ2v) is 6.51. The molecule has 0 N–H and O–H groups in total. The van der Waals surface area contributed by atoms with Gasteiger partial charge < -0.3 is 9.47 Å². The molecule has 0 radical (unpaired) electrons. The third-order valence-electron chi connectivity index (χ3n) is 3.75. The van der Waals surface area contributed by atoms with Gasteiger partial charge in [-0.25, -0.2) is 0 Å². The van der Waals surface area contributed by atoms with E-state index in [0.29, 0.717) is 12.4 Å². The highest BCUT2D eigenvalue weighted by Gasteiger charge is 2.13. The molecule has 0 saturated heterocycles. The highest BCUT2D eigenvalue weighted by atomic mass is 32.1. The molecule has 0 saturated carbocycles. The summed E-state index contributed by atoms with van der Waals surface area (Å²) in [5, 5.41) is 13.9. The van der Waals surface area contributed by atoms with Crippen LogP contribution in [0.3, 0.4) is 0 Å². The molecule has 4 rings (SSSR count). The predicted molar refractivity (Wildman–Crippen MR) is 96.2 cm³/mol. The summed E-state index contributed by atoms with van der Waals surface area (Å²) >= 11 is 1.49. The maximum absolute atomic E-state index is 5.81. The average Bonchev–Trinajstić information content (AvgIpc) is 3.21. The first-order chi connectivity index (χ1) is 12.2. The minimum Gasteiger partial charge on any atom is -0.497 e. The highest BCUT2D eigenvalue weighted by Crippen LogP contribution is 2.27. The van der Waals surface area contributed by atoms with E-state index in [1.165, 1.54) is 11.3 Å². The molecule has 0 fully saturated rings. The number of hydrogen-bond donors (Lipinski definition) is 0. The van der Waals surface area contributed by atoms with E-state index in [-0.39, 0.29) is 0 Å². The van der Waals surface area contributed by atoms with Crippen LogP contribution in [0.4, 0.5) is 0 Å². The number of hydrogen-bond acceptors (Lipinski definition) is 6. The molecule has 2 aromatic carbocycles. The van der Waals surface area contributed by atoms with E-state index >= 15 is 0 Å². The lowest BCUT2D eigenvalue weighted by Gasteiger charge is -2.04. The zero-order chi connectivity index (χ0) is 17.2. The third-order valence-corrected chi connectivity index (χ3v) is 4.70. The molecule has 0 amide bonds. The third kappa shape index (κ3) is 3.18. The molecule has 7 heteroatoms. The Kier molecular flexibility index (Phi) is 4.07. The molecule has 0 aliphatic heterocycles. The van der Waals surface area contributed by atoms with E-state index in [1.54, 1.807) is 11.6 Å². The summed E-state index contributed by atoms with van der Waals surface area (Å²) in [7, 11) is 1.65. The van der Waals surface area contributed by atoms with Gasteiger partial charge in [-0.05, 0) is 48.9 Å². The van der Waals surface area contributed by atoms with Crippen LogP contribution in [0, 0.1) is 6.92 Å². The van der Waals surface area contributed by atoms with Crippen LogP contribution in [0.5, 0.6) is 11.5 Å². The van der Waals surface area contributed by atoms with Gasteiger partial charge in [-0.2, -0.15) is 9.61 Å². The molecule has 0 aliphatic carbocycles. The molecular weight excluding hydrogens is 336 g/mol. The molecule has 0 unspecified atom stereocenters. The lowest BCUT2D eigenvalue weighted by atomic mass is 10.2. The summed E-state index contributed by atoms with van der Waals surface area (Å²) in [6.07, 6.45) is 0. The average molecular weight is 352 g/mol. The number of ether oxygens (including phenoxy) is 2. The van der Waals surface area contributed by atoms with Crippen molar-refractivity contribution in [2.75, 3.05) is 7.11 Å². The van der Waals surface area contributed by atoms with E-state index in [0.717, 1.165) is 32.6 Å². The Morgan fingerprint density at radius 3 is 2.64 bits per heavy atom. The lowest BCUT2D eigenvalue weighted by molar-refractivity contribution is 0.292. The second-order valence-electron chi connectivity index (χ2n) is 5.55. The molecule has 0 spiro atoms. The van der Waals surface area contributed by atoms with Gasteiger partial charge in [0.2, 0.25) is 4.96 Å². The molecule has 2 heterocycles. The van der Waals surface area contributed by atoms with Crippen molar-refractivity contribution in [3.05, 3.63) is 59.9 Å². The number of nitrogens with zero attached hydrogens (tertiary/aromatic N) is 4. The predicted octanol–water partition coefficient (Wildman–Crippen LogP) is 3.75. The Morgan fingerprint density at radius 2 is 1.88 bits per heavy atom. The van der Waals surface area contributed by atoms with Gasteiger partial charge in [-0.1, -0.05) is 23.5 Å². The van der Waals surface area contributed by atoms with Crippen molar-refractivity contribution in [3.8, 4) is 22.1 Å². The fraction of sp³-hybridized carbons (Fsp3) is 0.167. The van der Waals surface area contributed by atoms with Gasteiger partial charge in [-0.15, -0.1) is 10.2 Å². The van der Waals surface area contributed by atoms with Crippen molar-refractivity contribution in [1.82, 2.24) is 19.8 Å². The number of rotatable bonds is 5. The maximum Gasteiger partial charge on any atom is 0.235 e. The maximum atomic E-state index is 5.81. The number of aromatic nitrogens is 4. The van der Waals surface area contributed by atoms with Gasteiger partial charge in [-0.3, -0.25) is 0 Å². The van der Waals surface area contributed by atoms with E-state index < -0.39 is 0 Å². The molecule has 6 nitrogen and oxygen atoms in total. The van der Waals surface area contributed by atoms with Crippen molar-refractivity contribution in [3.63, 3.8) is 0 Å². The van der Waals surface area contributed by atoms with Gasteiger partial charge in [0.15, 0.2) is 5.82 Å². The van der Waals surface area contributed by atoms with E-state index in [9.17, 15) is 0 Å². The van der Waals surface area contributed by atoms with Crippen molar-refractivity contribution >= 4 is 16.3 Å². The minimum absolute atomic E-state index is 0.316. The van der Waals surface area contributed by atoms with Crippen LogP contribution in [0.2, 0.25) is 0 Å². The second kappa shape index (κ2) is 6.52. The monoisotopic (exact) mass is 352 g/mol. The molecular formula is C18H16N4O2S. The number of methoxy groups -OCH3 is 1. The van der Waals surface area contributed by atoms with Crippen molar-refractivity contribution in [1.29, 1.82) is 0 Å². The summed E-state index contributed by atoms with van der Waals surface area (Å²) in [5.74, 6) is 2.30. The fourth-order valence-electron chi connectivity index (χ4n) is 2.45. The van der Waals surface area contributed by atoms with Gasteiger partial charge in [0.05, 0.1) is 7.11 Å². The normalized spacial score (nSPS) is 11.0. The van der Waals surface area contributed by atoms with Crippen LogP contribution < -0.4 is 9.47 Å². The Balaban J connectivity index is 1.57. The first-order valence-corrected chi connectivity index (χ1v) is 8.59. The molecule has 0 bridgehead atoms. The minimum atomic E-state index is 0.316. The van der Waals surface area contributed by atoms with E-state index in [4.69, 9.17) is 9.47 Å². The van der Waals surface area contributed by atoms with E-state index in [1.807, 2.05) is 55.5 Å². The Labute approximate surface area is 148 Å². The van der Waals surface area contributed by atoms with Gasteiger partial charge >= 0.3 is 0 Å². The largest absolute Gasteiger partial charge is 0.497 e. The molecule has 2 aromatic heterocycles. The van der Waals surface area contributed by atoms with Crippen molar-refractivity contribution < 1.29 is 9.47 Å². The van der Waals surface area contributed by atoms with E-state index in [2.05, 4.69) is 15.3 Å². The first-order valence-electron chi connectivity index (χ1n) is 7.78. The Bertz CT molecular complexity index is 1010. The Hall–Kier alpha value is -2.93. The smallest absolute Gasteiger partial charge is 0.235 e. The van der Waals surface area contributed by atoms with Gasteiger partial charge in [0.1, 0.15) is 23.1 Å². The van der Waals surface area contributed by atoms with Crippen LogP contribution in [0.1, 0.15) is 11.4 Å². The number of fused-ring (bicyclic) bond motifs is 1. The molecule has 126 valence electrons. The van der Waals surface area contributed by atoms with Crippen LogP contribution in [-0.4, -0.2) is 26.9 Å². The zero-order valence-electron chi connectivity index (χ0n) is 13.8. The molecule has 4 aromatic rings. The highest BCUT2D eigenvalue weighted by molar-refractivity contribution is 7.19. The first kappa shape index (κ1) is 15.6. The van der Waals surface area contributed by atoms with Crippen molar-refractivity contribution in [2.24, 2.45) is 0 Å². The summed E-state index contributed by atoms with van der Waals surface area (Å²) in [5.41, 5.74) is 2.17.